The average molecular weight is 751 g/mol. The zero-order valence-electron chi connectivity index (χ0n) is 31.5. The van der Waals surface area contributed by atoms with Crippen molar-refractivity contribution >= 4 is 35.9 Å². The highest BCUT2D eigenvalue weighted by atomic mass is 28.5. The molecule has 7 nitrogen and oxygen atoms in total. The average Bonchev–Trinajstić information content (AvgIpc) is 3.92. The van der Waals surface area contributed by atoms with E-state index in [0.29, 0.717) is 48.8 Å². The van der Waals surface area contributed by atoms with Gasteiger partial charge < -0.3 is 31.3 Å². The molecular weight excluding hydrogens is 681 g/mol. The van der Waals surface area contributed by atoms with E-state index in [-0.39, 0.29) is 0 Å². The smallest absolute Gasteiger partial charge is 0.315 e. The van der Waals surface area contributed by atoms with E-state index in [0.717, 1.165) is 41.3 Å². The van der Waals surface area contributed by atoms with Gasteiger partial charge in [0.25, 0.3) is 0 Å². The van der Waals surface area contributed by atoms with Crippen LogP contribution in [-0.4, -0.2) is 84.8 Å². The minimum absolute atomic E-state index is 0.543. The minimum atomic E-state index is -2.50. The van der Waals surface area contributed by atoms with E-state index >= 15 is 0 Å². The summed E-state index contributed by atoms with van der Waals surface area (Å²) in [7, 11) is -7.02. The molecule has 4 heterocycles. The highest BCUT2D eigenvalue weighted by molar-refractivity contribution is 6.84. The highest BCUT2D eigenvalue weighted by Crippen LogP contribution is 2.46. The van der Waals surface area contributed by atoms with Crippen LogP contribution in [-0.2, 0) is 31.3 Å². The molecule has 8 fully saturated rings. The van der Waals surface area contributed by atoms with Crippen molar-refractivity contribution in [2.45, 2.75) is 215 Å². The molecule has 4 saturated carbocycles. The van der Waals surface area contributed by atoms with E-state index in [1.54, 1.807) is 0 Å². The summed E-state index contributed by atoms with van der Waals surface area (Å²) in [6.07, 6.45) is 28.0. The highest BCUT2D eigenvalue weighted by Gasteiger charge is 2.50. The number of hydrogen-bond acceptors (Lipinski definition) is 7. The molecule has 280 valence electrons. The maximum atomic E-state index is 7.89. The lowest BCUT2D eigenvalue weighted by Gasteiger charge is -2.42. The molecule has 16 atom stereocenters. The number of hydrogen-bond donors (Lipinski definition) is 0. The van der Waals surface area contributed by atoms with E-state index in [1.165, 1.54) is 122 Å². The van der Waals surface area contributed by atoms with Crippen LogP contribution in [0.5, 0.6) is 0 Å². The quantitative estimate of drug-likeness (QED) is 0.0922. The molecule has 8 rings (SSSR count). The Kier molecular flexibility index (Phi) is 11.7. The predicted octanol–water partition coefficient (Wildman–Crippen LogP) is 8.04. The molecule has 0 N–H and O–H groups in total. The molecule has 15 unspecified atom stereocenters. The number of ether oxygens (including phenoxy) is 4. The van der Waals surface area contributed by atoms with Gasteiger partial charge in [-0.3, -0.25) is 0 Å². The second-order valence-electron chi connectivity index (χ2n) is 18.4. The minimum Gasteiger partial charge on any atom is -0.442 e. The first-order valence-corrected chi connectivity index (χ1v) is 30.4. The van der Waals surface area contributed by atoms with Gasteiger partial charge in [0.15, 0.2) is 9.04 Å². The van der Waals surface area contributed by atoms with Crippen molar-refractivity contribution in [2.75, 3.05) is 0 Å². The fourth-order valence-electron chi connectivity index (χ4n) is 11.2. The van der Waals surface area contributed by atoms with Gasteiger partial charge in [-0.25, -0.2) is 0 Å². The topological polar surface area (TPSA) is 77.8 Å². The summed E-state index contributed by atoms with van der Waals surface area (Å²) >= 11 is 0. The van der Waals surface area contributed by atoms with Crippen molar-refractivity contribution in [2.24, 2.45) is 23.7 Å². The van der Waals surface area contributed by atoms with E-state index < -0.39 is 35.9 Å². The molecular formula is C38H70O7Si4. The third-order valence-corrected chi connectivity index (χ3v) is 30.0. The van der Waals surface area contributed by atoms with Crippen molar-refractivity contribution in [3.05, 3.63) is 0 Å². The molecule has 0 amide bonds. The van der Waals surface area contributed by atoms with Crippen LogP contribution in [0, 0.1) is 23.7 Å². The van der Waals surface area contributed by atoms with Crippen molar-refractivity contribution in [3.8, 4) is 0 Å². The van der Waals surface area contributed by atoms with E-state index in [1.807, 2.05) is 0 Å². The molecule has 0 radical (unpaired) electrons. The van der Waals surface area contributed by atoms with Crippen LogP contribution in [0.15, 0.2) is 0 Å². The molecule has 0 spiro atoms. The van der Waals surface area contributed by atoms with Gasteiger partial charge in [0.1, 0.15) is 9.76 Å². The van der Waals surface area contributed by atoms with Gasteiger partial charge in [0, 0.05) is 0 Å². The molecule has 8 aliphatic rings. The summed E-state index contributed by atoms with van der Waals surface area (Å²) < 4.78 is 46.3. The van der Waals surface area contributed by atoms with Crippen LogP contribution in [0.1, 0.15) is 122 Å². The van der Waals surface area contributed by atoms with Crippen LogP contribution in [0.4, 0.5) is 0 Å². The van der Waals surface area contributed by atoms with Crippen LogP contribution in [0.25, 0.3) is 0 Å². The Morgan fingerprint density at radius 1 is 0.612 bits per heavy atom. The monoisotopic (exact) mass is 750 g/mol. The summed E-state index contributed by atoms with van der Waals surface area (Å²) in [5.74, 6) is 3.21. The summed E-state index contributed by atoms with van der Waals surface area (Å²) in [5.41, 5.74) is 0.736. The van der Waals surface area contributed by atoms with Gasteiger partial charge in [0.2, 0.25) is 0 Å². The zero-order valence-corrected chi connectivity index (χ0v) is 36.1. The summed E-state index contributed by atoms with van der Waals surface area (Å²) in [5, 5.41) is 0. The van der Waals surface area contributed by atoms with Crippen molar-refractivity contribution in [1.82, 2.24) is 0 Å². The van der Waals surface area contributed by atoms with E-state index in [2.05, 4.69) is 26.6 Å². The van der Waals surface area contributed by atoms with Crippen LogP contribution < -0.4 is 0 Å². The maximum Gasteiger partial charge on any atom is 0.315 e. The van der Waals surface area contributed by atoms with Crippen molar-refractivity contribution in [1.29, 1.82) is 0 Å². The predicted molar refractivity (Wildman–Crippen MR) is 204 cm³/mol. The molecule has 4 saturated heterocycles. The van der Waals surface area contributed by atoms with Gasteiger partial charge in [0.05, 0.1) is 48.8 Å². The van der Waals surface area contributed by atoms with E-state index in [9.17, 15) is 0 Å². The number of fused-ring (bicyclic) bond motifs is 4. The molecule has 0 aromatic rings. The molecule has 0 aromatic heterocycles. The lowest BCUT2D eigenvalue weighted by Crippen LogP contribution is -2.55. The first-order chi connectivity index (χ1) is 23.8. The third-order valence-electron chi connectivity index (χ3n) is 14.6. The molecule has 11 heteroatoms. The largest absolute Gasteiger partial charge is 0.442 e. The Hall–Kier alpha value is 0.588. The Morgan fingerprint density at radius 2 is 1.06 bits per heavy atom. The lowest BCUT2D eigenvalue weighted by atomic mass is 9.85. The maximum absolute atomic E-state index is 7.89. The Bertz CT molecular complexity index is 1110. The standard InChI is InChI=1S/C38H70O7Si4/c1-5-30(11-6-26-7-12-31-35(22-26)39-31)47(19-16-27-8-13-32-36(23-27)40-32)44-49(4,21-18-29-10-15-34-38(25-29)42-34)45-48(3,43-46-2)20-17-28-9-14-33-37(24-28)41-33/h26-38,47H,5-25,46H2,1-4H3/t26?,27?,28?,29?,30-,31?,32?,33?,34?,35?,36?,37?,38?,47?,48?,49?/m1/s1. The van der Waals surface area contributed by atoms with Gasteiger partial charge in [-0.15, -0.1) is 0 Å². The number of epoxide rings is 4. The van der Waals surface area contributed by atoms with Crippen LogP contribution >= 0.6 is 0 Å². The second-order valence-corrected chi connectivity index (χ2v) is 30.1. The van der Waals surface area contributed by atoms with Gasteiger partial charge >= 0.3 is 17.1 Å². The molecule has 4 aliphatic carbocycles. The van der Waals surface area contributed by atoms with Crippen LogP contribution in [0.3, 0.4) is 0 Å². The Morgan fingerprint density at radius 3 is 1.51 bits per heavy atom. The van der Waals surface area contributed by atoms with Gasteiger partial charge in [-0.05, 0) is 150 Å². The molecule has 0 bridgehead atoms. The molecule has 49 heavy (non-hydrogen) atoms. The van der Waals surface area contributed by atoms with Gasteiger partial charge in [-0.2, -0.15) is 0 Å². The van der Waals surface area contributed by atoms with Gasteiger partial charge in [-0.1, -0.05) is 39.2 Å². The van der Waals surface area contributed by atoms with Crippen molar-refractivity contribution < 1.29 is 31.3 Å². The summed E-state index contributed by atoms with van der Waals surface area (Å²) in [6.45, 7) is 9.71. The summed E-state index contributed by atoms with van der Waals surface area (Å²) in [4.78, 5) is 0. The SMILES string of the molecule is CC[C@H](CCC1CCC2OC2C1)[SiH](CCC1CCC2OC2C1)O[Si](C)(CCC1CCC2OC2C1)O[Si](C)(CCC1CCC2OC2C1)O[SiH2]C. The van der Waals surface area contributed by atoms with Crippen LogP contribution in [0.2, 0.25) is 43.3 Å². The molecule has 0 aromatic carbocycles. The lowest BCUT2D eigenvalue weighted by molar-refractivity contribution is 0.294. The number of rotatable bonds is 20. The first kappa shape index (κ1) is 36.6. The second kappa shape index (κ2) is 15.7. The Balaban J connectivity index is 0.967. The zero-order chi connectivity index (χ0) is 33.6. The fraction of sp³-hybridized carbons (Fsp3) is 1.00. The summed E-state index contributed by atoms with van der Waals surface area (Å²) in [6, 6.07) is 3.58. The van der Waals surface area contributed by atoms with Crippen molar-refractivity contribution in [3.63, 3.8) is 0 Å². The first-order valence-electron chi connectivity index (χ1n) is 21.4. The van der Waals surface area contributed by atoms with E-state index in [4.69, 9.17) is 31.3 Å². The third kappa shape index (κ3) is 9.83. The fourth-order valence-corrected chi connectivity index (χ4v) is 28.6. The Labute approximate surface area is 304 Å². The normalized spacial score (nSPS) is 44.1. The molecule has 4 aliphatic heterocycles.